The summed E-state index contributed by atoms with van der Waals surface area (Å²) in [7, 11) is -2.43. The highest BCUT2D eigenvalue weighted by Crippen LogP contribution is 2.25. The zero-order chi connectivity index (χ0) is 15.5. The highest BCUT2D eigenvalue weighted by Gasteiger charge is 2.23. The van der Waals surface area contributed by atoms with Crippen LogP contribution >= 0.6 is 0 Å². The molecule has 0 aromatic heterocycles. The molecule has 1 aromatic carbocycles. The standard InChI is InChI=1S/C12H17NO6S/c1-7-4-9(19-3)5-8(2)11(7)20(17,18)13-6-10(14)12(15)16/h4-5,10,13-14H,6H2,1-3H3,(H,15,16)/t10-/m0/s1. The molecule has 0 heterocycles. The number of methoxy groups -OCH3 is 1. The van der Waals surface area contributed by atoms with E-state index in [9.17, 15) is 13.2 Å². The number of carboxylic acid groups (broad SMARTS) is 1. The Labute approximate surface area is 117 Å². The van der Waals surface area contributed by atoms with E-state index >= 15 is 0 Å². The predicted octanol–water partition coefficient (Wildman–Crippen LogP) is 0.0358. The summed E-state index contributed by atoms with van der Waals surface area (Å²) in [6.07, 6.45) is -1.79. The summed E-state index contributed by atoms with van der Waals surface area (Å²) in [4.78, 5) is 10.5. The molecule has 0 saturated carbocycles. The molecule has 1 rings (SSSR count). The number of carbonyl (C=O) groups is 1. The number of aliphatic hydroxyl groups excluding tert-OH is 1. The molecule has 0 bridgehead atoms. The Balaban J connectivity index is 3.07. The van der Waals surface area contributed by atoms with Gasteiger partial charge < -0.3 is 14.9 Å². The molecule has 0 aliphatic heterocycles. The van der Waals surface area contributed by atoms with Gasteiger partial charge in [-0.25, -0.2) is 17.9 Å². The summed E-state index contributed by atoms with van der Waals surface area (Å²) in [5.74, 6) is -0.958. The van der Waals surface area contributed by atoms with Crippen molar-refractivity contribution in [2.75, 3.05) is 13.7 Å². The number of benzene rings is 1. The molecular formula is C12H17NO6S. The molecule has 1 aromatic rings. The highest BCUT2D eigenvalue weighted by atomic mass is 32.2. The first kappa shape index (κ1) is 16.4. The largest absolute Gasteiger partial charge is 0.497 e. The lowest BCUT2D eigenvalue weighted by atomic mass is 10.1. The fourth-order valence-corrected chi connectivity index (χ4v) is 3.29. The van der Waals surface area contributed by atoms with Crippen molar-refractivity contribution in [1.29, 1.82) is 0 Å². The first-order chi connectivity index (χ1) is 9.19. The number of nitrogens with one attached hydrogen (secondary N) is 1. The number of sulfonamides is 1. The van der Waals surface area contributed by atoms with Crippen LogP contribution in [0.4, 0.5) is 0 Å². The molecule has 0 saturated heterocycles. The second kappa shape index (κ2) is 6.21. The minimum Gasteiger partial charge on any atom is -0.497 e. The van der Waals surface area contributed by atoms with Gasteiger partial charge in [-0.1, -0.05) is 0 Å². The van der Waals surface area contributed by atoms with E-state index in [0.717, 1.165) is 0 Å². The molecule has 0 spiro atoms. The van der Waals surface area contributed by atoms with Gasteiger partial charge in [-0.15, -0.1) is 0 Å². The van der Waals surface area contributed by atoms with E-state index in [2.05, 4.69) is 4.72 Å². The van der Waals surface area contributed by atoms with Crippen molar-refractivity contribution in [3.05, 3.63) is 23.3 Å². The van der Waals surface area contributed by atoms with Gasteiger partial charge in [0.1, 0.15) is 5.75 Å². The maximum absolute atomic E-state index is 12.1. The van der Waals surface area contributed by atoms with Gasteiger partial charge in [0.25, 0.3) is 0 Å². The normalized spacial score (nSPS) is 13.0. The monoisotopic (exact) mass is 303 g/mol. The molecule has 112 valence electrons. The Morgan fingerprint density at radius 2 is 1.85 bits per heavy atom. The van der Waals surface area contributed by atoms with Crippen LogP contribution in [0.2, 0.25) is 0 Å². The molecule has 8 heteroatoms. The number of aryl methyl sites for hydroxylation is 2. The Morgan fingerprint density at radius 3 is 2.25 bits per heavy atom. The molecule has 0 unspecified atom stereocenters. The van der Waals surface area contributed by atoms with E-state index in [0.29, 0.717) is 16.9 Å². The van der Waals surface area contributed by atoms with Crippen LogP contribution in [0.25, 0.3) is 0 Å². The van der Waals surface area contributed by atoms with Gasteiger partial charge in [-0.2, -0.15) is 0 Å². The predicted molar refractivity (Wildman–Crippen MR) is 71.3 cm³/mol. The zero-order valence-corrected chi connectivity index (χ0v) is 12.2. The van der Waals surface area contributed by atoms with E-state index < -0.39 is 28.6 Å². The van der Waals surface area contributed by atoms with Crippen LogP contribution in [0, 0.1) is 13.8 Å². The lowest BCUT2D eigenvalue weighted by Gasteiger charge is -2.14. The van der Waals surface area contributed by atoms with Crippen molar-refractivity contribution in [3.63, 3.8) is 0 Å². The number of aliphatic hydroxyl groups is 1. The average molecular weight is 303 g/mol. The Morgan fingerprint density at radius 1 is 1.35 bits per heavy atom. The van der Waals surface area contributed by atoms with Crippen molar-refractivity contribution in [2.45, 2.75) is 24.8 Å². The SMILES string of the molecule is COc1cc(C)c(S(=O)(=O)NC[C@H](O)C(=O)O)c(C)c1. The molecule has 3 N–H and O–H groups in total. The summed E-state index contributed by atoms with van der Waals surface area (Å²) >= 11 is 0. The second-order valence-corrected chi connectivity index (χ2v) is 6.00. The molecule has 0 amide bonds. The maximum atomic E-state index is 12.1. The van der Waals surface area contributed by atoms with Gasteiger partial charge in [-0.05, 0) is 37.1 Å². The summed E-state index contributed by atoms with van der Waals surface area (Å²) in [5, 5.41) is 17.6. The number of carboxylic acids is 1. The topological polar surface area (TPSA) is 113 Å². The van der Waals surface area contributed by atoms with Gasteiger partial charge in [-0.3, -0.25) is 0 Å². The summed E-state index contributed by atoms with van der Waals surface area (Å²) in [5.41, 5.74) is 0.943. The van der Waals surface area contributed by atoms with E-state index in [-0.39, 0.29) is 4.90 Å². The van der Waals surface area contributed by atoms with Crippen LogP contribution in [0.3, 0.4) is 0 Å². The third kappa shape index (κ3) is 3.69. The highest BCUT2D eigenvalue weighted by molar-refractivity contribution is 7.89. The summed E-state index contributed by atoms with van der Waals surface area (Å²) in [6, 6.07) is 3.13. The third-order valence-electron chi connectivity index (χ3n) is 2.69. The fraction of sp³-hybridized carbons (Fsp3) is 0.417. The molecular weight excluding hydrogens is 286 g/mol. The molecule has 20 heavy (non-hydrogen) atoms. The minimum absolute atomic E-state index is 0.0517. The minimum atomic E-state index is -3.90. The van der Waals surface area contributed by atoms with Crippen molar-refractivity contribution in [2.24, 2.45) is 0 Å². The molecule has 0 fully saturated rings. The van der Waals surface area contributed by atoms with Crippen molar-refractivity contribution >= 4 is 16.0 Å². The number of ether oxygens (including phenoxy) is 1. The zero-order valence-electron chi connectivity index (χ0n) is 11.4. The van der Waals surface area contributed by atoms with Crippen LogP contribution in [0.5, 0.6) is 5.75 Å². The quantitative estimate of drug-likeness (QED) is 0.683. The van der Waals surface area contributed by atoms with Crippen LogP contribution in [-0.4, -0.2) is 44.4 Å². The molecule has 7 nitrogen and oxygen atoms in total. The molecule has 0 aliphatic carbocycles. The van der Waals surface area contributed by atoms with Gasteiger partial charge in [0.05, 0.1) is 12.0 Å². The molecule has 1 atom stereocenters. The van der Waals surface area contributed by atoms with Crippen molar-refractivity contribution < 1.29 is 28.2 Å². The van der Waals surface area contributed by atoms with Gasteiger partial charge in [0.2, 0.25) is 10.0 Å². The van der Waals surface area contributed by atoms with E-state index in [1.54, 1.807) is 26.0 Å². The van der Waals surface area contributed by atoms with Crippen molar-refractivity contribution in [3.8, 4) is 5.75 Å². The Kier molecular flexibility index (Phi) is 5.09. The summed E-state index contributed by atoms with van der Waals surface area (Å²) < 4.78 is 31.4. The van der Waals surface area contributed by atoms with E-state index in [1.165, 1.54) is 7.11 Å². The number of hydrogen-bond acceptors (Lipinski definition) is 5. The first-order valence-corrected chi connectivity index (χ1v) is 7.23. The summed E-state index contributed by atoms with van der Waals surface area (Å²) in [6.45, 7) is 2.62. The van der Waals surface area contributed by atoms with Crippen LogP contribution in [0.15, 0.2) is 17.0 Å². The number of hydrogen-bond donors (Lipinski definition) is 3. The van der Waals surface area contributed by atoms with Crippen LogP contribution in [-0.2, 0) is 14.8 Å². The van der Waals surface area contributed by atoms with Gasteiger partial charge >= 0.3 is 5.97 Å². The number of aliphatic carboxylic acids is 1. The maximum Gasteiger partial charge on any atom is 0.333 e. The lowest BCUT2D eigenvalue weighted by Crippen LogP contribution is -2.37. The van der Waals surface area contributed by atoms with Gasteiger partial charge in [0, 0.05) is 6.54 Å². The molecule has 0 radical (unpaired) electrons. The van der Waals surface area contributed by atoms with Crippen LogP contribution in [0.1, 0.15) is 11.1 Å². The van der Waals surface area contributed by atoms with E-state index in [4.69, 9.17) is 14.9 Å². The van der Waals surface area contributed by atoms with Gasteiger partial charge in [0.15, 0.2) is 6.10 Å². The second-order valence-electron chi connectivity index (χ2n) is 4.30. The Hall–Kier alpha value is -1.64. The smallest absolute Gasteiger partial charge is 0.333 e. The molecule has 0 aliphatic rings. The number of rotatable bonds is 6. The first-order valence-electron chi connectivity index (χ1n) is 5.75. The lowest BCUT2D eigenvalue weighted by molar-refractivity contribution is -0.146. The van der Waals surface area contributed by atoms with E-state index in [1.807, 2.05) is 0 Å². The third-order valence-corrected chi connectivity index (χ3v) is 4.42. The van der Waals surface area contributed by atoms with Crippen LogP contribution < -0.4 is 9.46 Å². The van der Waals surface area contributed by atoms with Crippen molar-refractivity contribution in [1.82, 2.24) is 4.72 Å². The fourth-order valence-electron chi connectivity index (χ4n) is 1.80. The Bertz CT molecular complexity index is 587. The average Bonchev–Trinajstić information content (AvgIpc) is 2.34.